The highest BCUT2D eigenvalue weighted by Crippen LogP contribution is 2.11. The Kier molecular flexibility index (Phi) is 31.0. The predicted molar refractivity (Wildman–Crippen MR) is 105 cm³/mol. The molecular weight excluding hydrogens is 258 g/mol. The fourth-order valence-electron chi connectivity index (χ4n) is 1.34. The quantitative estimate of drug-likeness (QED) is 0.742. The molecule has 0 aromatic rings. The molecule has 0 spiro atoms. The van der Waals surface area contributed by atoms with E-state index in [1.807, 2.05) is 0 Å². The minimum Gasteiger partial charge on any atom is -0.310 e. The summed E-state index contributed by atoms with van der Waals surface area (Å²) in [6, 6.07) is 0.866. The molecule has 0 bridgehead atoms. The van der Waals surface area contributed by atoms with Crippen LogP contribution < -0.4 is 0 Å². The van der Waals surface area contributed by atoms with Gasteiger partial charge in [-0.05, 0) is 73.6 Å². The van der Waals surface area contributed by atoms with E-state index in [9.17, 15) is 0 Å². The van der Waals surface area contributed by atoms with Gasteiger partial charge >= 0.3 is 0 Å². The van der Waals surface area contributed by atoms with E-state index in [0.717, 1.165) is 12.6 Å². The van der Waals surface area contributed by atoms with Gasteiger partial charge in [-0.15, -0.1) is 0 Å². The van der Waals surface area contributed by atoms with Crippen molar-refractivity contribution in [2.75, 3.05) is 53.9 Å². The molecule has 21 heavy (non-hydrogen) atoms. The molecule has 2 saturated heterocycles. The van der Waals surface area contributed by atoms with Crippen molar-refractivity contribution in [3.63, 3.8) is 0 Å². The van der Waals surface area contributed by atoms with Crippen LogP contribution >= 0.6 is 0 Å². The molecule has 0 aromatic heterocycles. The second-order valence-corrected chi connectivity index (χ2v) is 5.30. The largest absolute Gasteiger partial charge is 0.310 e. The van der Waals surface area contributed by atoms with Crippen LogP contribution in [0.15, 0.2) is 0 Å². The summed E-state index contributed by atoms with van der Waals surface area (Å²) >= 11 is 0. The molecule has 1 atom stereocenters. The van der Waals surface area contributed by atoms with Crippen LogP contribution in [0.5, 0.6) is 0 Å². The standard InChI is InChI=1S/2C5H11N.C4H11N.4CH4/c1-5-3-4-6(5)2;1-2-6-4-3-5-6;1-4-5(2)3;;;;/h5H,3-4H2,1-2H3;2-5H2,1H3;4H2,1-3H3;4*1H4/t5-;;;;;;/m1....../s1. The Labute approximate surface area is 138 Å². The van der Waals surface area contributed by atoms with Gasteiger partial charge in [0.25, 0.3) is 0 Å². The van der Waals surface area contributed by atoms with Crippen molar-refractivity contribution in [2.24, 2.45) is 0 Å². The van der Waals surface area contributed by atoms with Crippen molar-refractivity contribution in [3.05, 3.63) is 0 Å². The number of rotatable bonds is 2. The van der Waals surface area contributed by atoms with Gasteiger partial charge in [0.05, 0.1) is 0 Å². The molecule has 136 valence electrons. The van der Waals surface area contributed by atoms with Crippen LogP contribution in [-0.4, -0.2) is 74.6 Å². The number of hydrogen-bond donors (Lipinski definition) is 0. The predicted octanol–water partition coefficient (Wildman–Crippen LogP) is 4.53. The highest BCUT2D eigenvalue weighted by Gasteiger charge is 2.17. The highest BCUT2D eigenvalue weighted by molar-refractivity contribution is 4.73. The average Bonchev–Trinajstić information content (AvgIpc) is 2.26. The van der Waals surface area contributed by atoms with Crippen molar-refractivity contribution in [1.82, 2.24) is 14.7 Å². The smallest absolute Gasteiger partial charge is 0.00760 e. The van der Waals surface area contributed by atoms with Gasteiger partial charge in [0.1, 0.15) is 0 Å². The van der Waals surface area contributed by atoms with E-state index in [-0.39, 0.29) is 29.7 Å². The Hall–Kier alpha value is -0.120. The Bertz CT molecular complexity index is 157. The molecule has 2 heterocycles. The van der Waals surface area contributed by atoms with Crippen LogP contribution in [0.1, 0.15) is 63.3 Å². The first-order chi connectivity index (χ1) is 8.01. The highest BCUT2D eigenvalue weighted by atomic mass is 15.2. The zero-order chi connectivity index (χ0) is 13.3. The first-order valence-corrected chi connectivity index (χ1v) is 7.08. The molecule has 0 aromatic carbocycles. The molecule has 2 aliphatic rings. The molecular formula is C18H49N3. The molecule has 3 nitrogen and oxygen atoms in total. The average molecular weight is 308 g/mol. The monoisotopic (exact) mass is 307 g/mol. The minimum atomic E-state index is 0. The molecule has 0 N–H and O–H groups in total. The summed E-state index contributed by atoms with van der Waals surface area (Å²) in [6.07, 6.45) is 2.82. The number of nitrogens with zero attached hydrogens (tertiary/aromatic N) is 3. The van der Waals surface area contributed by atoms with E-state index in [1.54, 1.807) is 0 Å². The van der Waals surface area contributed by atoms with Crippen LogP contribution in [0.4, 0.5) is 0 Å². The fraction of sp³-hybridized carbons (Fsp3) is 1.00. The maximum absolute atomic E-state index is 2.43. The third-order valence-electron chi connectivity index (χ3n) is 3.68. The van der Waals surface area contributed by atoms with Crippen molar-refractivity contribution in [2.45, 2.75) is 69.4 Å². The van der Waals surface area contributed by atoms with Gasteiger partial charge in [-0.2, -0.15) is 0 Å². The Balaban J connectivity index is -0.0000000560. The Morgan fingerprint density at radius 1 is 0.952 bits per heavy atom. The summed E-state index contributed by atoms with van der Waals surface area (Å²) in [6.45, 7) is 13.0. The third kappa shape index (κ3) is 17.8. The summed E-state index contributed by atoms with van der Waals surface area (Å²) in [4.78, 5) is 6.90. The maximum atomic E-state index is 2.43. The molecule has 2 rings (SSSR count). The summed E-state index contributed by atoms with van der Waals surface area (Å²) in [5, 5.41) is 0. The van der Waals surface area contributed by atoms with E-state index in [2.05, 4.69) is 56.6 Å². The lowest BCUT2D eigenvalue weighted by Gasteiger charge is -2.34. The second kappa shape index (κ2) is 19.9. The normalized spacial score (nSPS) is 19.3. The van der Waals surface area contributed by atoms with Crippen LogP contribution in [0, 0.1) is 0 Å². The van der Waals surface area contributed by atoms with E-state index < -0.39 is 0 Å². The van der Waals surface area contributed by atoms with Gasteiger partial charge in [0.15, 0.2) is 0 Å². The zero-order valence-corrected chi connectivity index (χ0v) is 12.9. The molecule has 0 aliphatic carbocycles. The van der Waals surface area contributed by atoms with Crippen molar-refractivity contribution >= 4 is 0 Å². The third-order valence-corrected chi connectivity index (χ3v) is 3.68. The number of hydrogen-bond acceptors (Lipinski definition) is 3. The minimum absolute atomic E-state index is 0. The summed E-state index contributed by atoms with van der Waals surface area (Å²) < 4.78 is 0. The summed E-state index contributed by atoms with van der Waals surface area (Å²) in [5.74, 6) is 0. The summed E-state index contributed by atoms with van der Waals surface area (Å²) in [7, 11) is 6.27. The maximum Gasteiger partial charge on any atom is 0.00760 e. The summed E-state index contributed by atoms with van der Waals surface area (Å²) in [5.41, 5.74) is 0. The molecule has 2 aliphatic heterocycles. The van der Waals surface area contributed by atoms with Crippen molar-refractivity contribution < 1.29 is 0 Å². The molecule has 3 heteroatoms. The van der Waals surface area contributed by atoms with Gasteiger partial charge in [0, 0.05) is 6.04 Å². The molecule has 2 fully saturated rings. The van der Waals surface area contributed by atoms with E-state index in [4.69, 9.17) is 0 Å². The van der Waals surface area contributed by atoms with Gasteiger partial charge in [0.2, 0.25) is 0 Å². The SMILES string of the molecule is C.C.C.C.CCN(C)C.CCN1CCC1.C[C@@H]1CCN1C. The fourth-order valence-corrected chi connectivity index (χ4v) is 1.34. The zero-order valence-electron chi connectivity index (χ0n) is 12.9. The first kappa shape index (κ1) is 32.7. The Morgan fingerprint density at radius 2 is 1.33 bits per heavy atom. The van der Waals surface area contributed by atoms with E-state index in [0.29, 0.717) is 0 Å². The van der Waals surface area contributed by atoms with Crippen LogP contribution in [0.3, 0.4) is 0 Å². The first-order valence-electron chi connectivity index (χ1n) is 7.08. The lowest BCUT2D eigenvalue weighted by Crippen LogP contribution is -2.41. The van der Waals surface area contributed by atoms with Gasteiger partial charge < -0.3 is 14.7 Å². The van der Waals surface area contributed by atoms with Gasteiger partial charge in [-0.25, -0.2) is 0 Å². The number of likely N-dealkylation sites (tertiary alicyclic amines) is 2. The van der Waals surface area contributed by atoms with E-state index >= 15 is 0 Å². The van der Waals surface area contributed by atoms with Crippen LogP contribution in [0.25, 0.3) is 0 Å². The molecule has 0 radical (unpaired) electrons. The van der Waals surface area contributed by atoms with Crippen LogP contribution in [0.2, 0.25) is 0 Å². The topological polar surface area (TPSA) is 9.72 Å². The van der Waals surface area contributed by atoms with Crippen molar-refractivity contribution in [3.8, 4) is 0 Å². The van der Waals surface area contributed by atoms with E-state index in [1.165, 1.54) is 39.0 Å². The van der Waals surface area contributed by atoms with Gasteiger partial charge in [-0.1, -0.05) is 43.6 Å². The molecule has 0 unspecified atom stereocenters. The van der Waals surface area contributed by atoms with Crippen LogP contribution in [-0.2, 0) is 0 Å². The second-order valence-electron chi connectivity index (χ2n) is 5.30. The lowest BCUT2D eigenvalue weighted by atomic mass is 10.1. The van der Waals surface area contributed by atoms with Gasteiger partial charge in [-0.3, -0.25) is 0 Å². The lowest BCUT2D eigenvalue weighted by molar-refractivity contribution is 0.143. The molecule has 0 saturated carbocycles. The molecule has 0 amide bonds. The van der Waals surface area contributed by atoms with Crippen molar-refractivity contribution in [1.29, 1.82) is 0 Å². The Morgan fingerprint density at radius 3 is 1.33 bits per heavy atom.